The minimum atomic E-state index is -0.190. The average Bonchev–Trinajstić information content (AvgIpc) is 2.80. The number of carbonyl (C=O) groups is 1. The first-order valence-corrected chi connectivity index (χ1v) is 11.1. The van der Waals surface area contributed by atoms with Crippen molar-refractivity contribution >= 4 is 23.4 Å². The molecule has 0 aromatic carbocycles. The zero-order valence-corrected chi connectivity index (χ0v) is 18.8. The molecule has 2 aliphatic rings. The van der Waals surface area contributed by atoms with E-state index in [4.69, 9.17) is 4.74 Å². The number of hydrogen-bond acceptors (Lipinski definition) is 8. The Morgan fingerprint density at radius 2 is 1.88 bits per heavy atom. The molecule has 0 spiro atoms. The number of H-pyrrole nitrogens is 1. The molecule has 4 rings (SSSR count). The van der Waals surface area contributed by atoms with Crippen LogP contribution in [-0.2, 0) is 16.0 Å². The van der Waals surface area contributed by atoms with Crippen LogP contribution < -0.4 is 20.7 Å². The Balaban J connectivity index is 1.31. The Morgan fingerprint density at radius 1 is 1.12 bits per heavy atom. The van der Waals surface area contributed by atoms with Gasteiger partial charge in [0.05, 0.1) is 25.1 Å². The minimum absolute atomic E-state index is 0.157. The van der Waals surface area contributed by atoms with Crippen LogP contribution in [0.4, 0.5) is 17.5 Å². The molecule has 4 heterocycles. The minimum Gasteiger partial charge on any atom is -0.378 e. The van der Waals surface area contributed by atoms with Gasteiger partial charge in [0.15, 0.2) is 0 Å². The molecule has 0 unspecified atom stereocenters. The lowest BCUT2D eigenvalue weighted by Crippen LogP contribution is -2.44. The second-order valence-electron chi connectivity index (χ2n) is 8.30. The highest BCUT2D eigenvalue weighted by molar-refractivity contribution is 5.90. The molecule has 2 fully saturated rings. The molecule has 0 aliphatic carbocycles. The molecule has 2 saturated heterocycles. The third-order valence-electron chi connectivity index (χ3n) is 5.98. The monoisotopic (exact) mass is 441 g/mol. The van der Waals surface area contributed by atoms with Gasteiger partial charge < -0.3 is 24.8 Å². The molecule has 2 aromatic heterocycles. The summed E-state index contributed by atoms with van der Waals surface area (Å²) in [4.78, 5) is 43.5. The van der Waals surface area contributed by atoms with Gasteiger partial charge in [-0.1, -0.05) is 0 Å². The second kappa shape index (κ2) is 10.1. The number of aryl methyl sites for hydroxylation is 1. The van der Waals surface area contributed by atoms with Crippen LogP contribution in [0.15, 0.2) is 23.1 Å². The molecule has 0 bridgehead atoms. The van der Waals surface area contributed by atoms with Gasteiger partial charge in [-0.15, -0.1) is 0 Å². The maximum Gasteiger partial charge on any atom is 0.255 e. The molecule has 0 saturated carbocycles. The lowest BCUT2D eigenvalue weighted by Gasteiger charge is -2.33. The Kier molecular flexibility index (Phi) is 7.01. The number of hydrogen-bond donors (Lipinski definition) is 2. The normalized spacial score (nSPS) is 17.4. The molecule has 0 atom stereocenters. The van der Waals surface area contributed by atoms with Crippen molar-refractivity contribution in [3.8, 4) is 0 Å². The first-order valence-electron chi connectivity index (χ1n) is 11.1. The van der Waals surface area contributed by atoms with Gasteiger partial charge in [0.2, 0.25) is 11.9 Å². The summed E-state index contributed by atoms with van der Waals surface area (Å²) in [6, 6.07) is 3.80. The van der Waals surface area contributed by atoms with Crippen LogP contribution in [0.3, 0.4) is 0 Å². The summed E-state index contributed by atoms with van der Waals surface area (Å²) in [6.07, 6.45) is 2.21. The van der Waals surface area contributed by atoms with Gasteiger partial charge in [0, 0.05) is 56.9 Å². The van der Waals surface area contributed by atoms with Crippen molar-refractivity contribution in [1.29, 1.82) is 0 Å². The standard InChI is InChI=1S/C22H31N7O3/c1-16-18(21(31)26-22(24-16)29-11-13-32-14-12-29)4-6-20(30)25-17-3-5-19(23-15-17)28-9-7-27(2)8-10-28/h3,5,15H,4,6-14H2,1-2H3,(H,25,30)(H,24,26,31). The number of piperazine rings is 1. The fourth-order valence-corrected chi connectivity index (χ4v) is 3.96. The van der Waals surface area contributed by atoms with Gasteiger partial charge in [-0.3, -0.25) is 14.6 Å². The summed E-state index contributed by atoms with van der Waals surface area (Å²) in [5.74, 6) is 1.33. The molecule has 2 aromatic rings. The van der Waals surface area contributed by atoms with Gasteiger partial charge in [-0.05, 0) is 32.5 Å². The zero-order valence-electron chi connectivity index (χ0n) is 18.8. The number of likely N-dealkylation sites (N-methyl/N-ethyl adjacent to an activating group) is 1. The Hall–Kier alpha value is -2.98. The van der Waals surface area contributed by atoms with Gasteiger partial charge in [-0.25, -0.2) is 9.97 Å². The fraction of sp³-hybridized carbons (Fsp3) is 0.545. The summed E-state index contributed by atoms with van der Waals surface area (Å²) in [5, 5.41) is 2.87. The molecule has 1 amide bonds. The number of carbonyl (C=O) groups excluding carboxylic acids is 1. The number of nitrogens with zero attached hydrogens (tertiary/aromatic N) is 5. The van der Waals surface area contributed by atoms with Crippen molar-refractivity contribution in [2.75, 3.05) is 74.6 Å². The van der Waals surface area contributed by atoms with Crippen molar-refractivity contribution in [1.82, 2.24) is 19.9 Å². The molecule has 32 heavy (non-hydrogen) atoms. The SMILES string of the molecule is Cc1nc(N2CCOCC2)[nH]c(=O)c1CCC(=O)Nc1ccc(N2CCN(C)CC2)nc1. The summed E-state index contributed by atoms with van der Waals surface area (Å²) >= 11 is 0. The van der Waals surface area contributed by atoms with Gasteiger partial charge in [0.1, 0.15) is 5.82 Å². The number of anilines is 3. The van der Waals surface area contributed by atoms with E-state index in [-0.39, 0.29) is 17.9 Å². The first-order chi connectivity index (χ1) is 15.5. The lowest BCUT2D eigenvalue weighted by molar-refractivity contribution is -0.116. The predicted octanol–water partition coefficient (Wildman–Crippen LogP) is 0.633. The number of amides is 1. The largest absolute Gasteiger partial charge is 0.378 e. The van der Waals surface area contributed by atoms with Gasteiger partial charge in [0.25, 0.3) is 5.56 Å². The van der Waals surface area contributed by atoms with E-state index in [9.17, 15) is 9.59 Å². The highest BCUT2D eigenvalue weighted by Gasteiger charge is 2.18. The second-order valence-corrected chi connectivity index (χ2v) is 8.30. The van der Waals surface area contributed by atoms with E-state index in [1.807, 2.05) is 24.0 Å². The van der Waals surface area contributed by atoms with E-state index in [1.165, 1.54) is 0 Å². The average molecular weight is 442 g/mol. The van der Waals surface area contributed by atoms with Crippen molar-refractivity contribution in [3.05, 3.63) is 39.9 Å². The molecule has 10 nitrogen and oxygen atoms in total. The topological polar surface area (TPSA) is 107 Å². The Labute approximate surface area is 187 Å². The number of rotatable bonds is 6. The first kappa shape index (κ1) is 22.2. The highest BCUT2D eigenvalue weighted by Crippen LogP contribution is 2.16. The molecular weight excluding hydrogens is 410 g/mol. The van der Waals surface area contributed by atoms with E-state index in [0.717, 1.165) is 32.0 Å². The van der Waals surface area contributed by atoms with Gasteiger partial charge >= 0.3 is 0 Å². The maximum absolute atomic E-state index is 12.6. The van der Waals surface area contributed by atoms with E-state index in [2.05, 4.69) is 37.1 Å². The van der Waals surface area contributed by atoms with Gasteiger partial charge in [-0.2, -0.15) is 0 Å². The van der Waals surface area contributed by atoms with Crippen molar-refractivity contribution in [2.24, 2.45) is 0 Å². The van der Waals surface area contributed by atoms with Crippen LogP contribution in [0.5, 0.6) is 0 Å². The summed E-state index contributed by atoms with van der Waals surface area (Å²) < 4.78 is 5.35. The highest BCUT2D eigenvalue weighted by atomic mass is 16.5. The third kappa shape index (κ3) is 5.43. The van der Waals surface area contributed by atoms with Crippen LogP contribution in [-0.4, -0.2) is 85.3 Å². The summed E-state index contributed by atoms with van der Waals surface area (Å²) in [7, 11) is 2.12. The van der Waals surface area contributed by atoms with E-state index in [0.29, 0.717) is 55.6 Å². The van der Waals surface area contributed by atoms with Crippen LogP contribution in [0.1, 0.15) is 17.7 Å². The van der Waals surface area contributed by atoms with E-state index < -0.39 is 0 Å². The molecule has 172 valence electrons. The number of aromatic nitrogens is 3. The fourth-order valence-electron chi connectivity index (χ4n) is 3.96. The van der Waals surface area contributed by atoms with E-state index >= 15 is 0 Å². The number of pyridine rings is 1. The zero-order chi connectivity index (χ0) is 22.5. The van der Waals surface area contributed by atoms with Crippen LogP contribution in [0.2, 0.25) is 0 Å². The van der Waals surface area contributed by atoms with Crippen LogP contribution in [0, 0.1) is 6.92 Å². The molecule has 0 radical (unpaired) electrons. The van der Waals surface area contributed by atoms with Crippen molar-refractivity contribution in [3.63, 3.8) is 0 Å². The number of morpholine rings is 1. The Bertz CT molecular complexity index is 978. The molecular formula is C22H31N7O3. The van der Waals surface area contributed by atoms with E-state index in [1.54, 1.807) is 6.20 Å². The summed E-state index contributed by atoms with van der Waals surface area (Å²) in [5.41, 5.74) is 1.66. The van der Waals surface area contributed by atoms with Crippen LogP contribution in [0.25, 0.3) is 0 Å². The number of aromatic amines is 1. The maximum atomic E-state index is 12.6. The van der Waals surface area contributed by atoms with Crippen LogP contribution >= 0.6 is 0 Å². The quantitative estimate of drug-likeness (QED) is 0.673. The predicted molar refractivity (Wildman–Crippen MR) is 124 cm³/mol. The molecule has 2 N–H and O–H groups in total. The molecule has 10 heteroatoms. The smallest absolute Gasteiger partial charge is 0.255 e. The summed E-state index contributed by atoms with van der Waals surface area (Å²) in [6.45, 7) is 8.38. The van der Waals surface area contributed by atoms with Crippen molar-refractivity contribution in [2.45, 2.75) is 19.8 Å². The lowest BCUT2D eigenvalue weighted by atomic mass is 10.1. The third-order valence-corrected chi connectivity index (χ3v) is 5.98. The number of nitrogens with one attached hydrogen (secondary N) is 2. The Morgan fingerprint density at radius 3 is 2.53 bits per heavy atom. The number of ether oxygens (including phenoxy) is 1. The molecule has 2 aliphatic heterocycles. The van der Waals surface area contributed by atoms with Crippen molar-refractivity contribution < 1.29 is 9.53 Å².